The van der Waals surface area contributed by atoms with E-state index in [1.807, 2.05) is 43.3 Å². The molecule has 24 heavy (non-hydrogen) atoms. The van der Waals surface area contributed by atoms with Crippen molar-refractivity contribution in [2.45, 2.75) is 19.9 Å². The van der Waals surface area contributed by atoms with E-state index in [-0.39, 0.29) is 6.54 Å². The molecule has 0 saturated heterocycles. The van der Waals surface area contributed by atoms with Gasteiger partial charge >= 0.3 is 11.8 Å². The highest BCUT2D eigenvalue weighted by Gasteiger charge is 2.20. The Kier molecular flexibility index (Phi) is 5.89. The second-order valence-corrected chi connectivity index (χ2v) is 5.48. The van der Waals surface area contributed by atoms with Crippen LogP contribution in [-0.4, -0.2) is 35.4 Å². The zero-order valence-corrected chi connectivity index (χ0v) is 13.9. The molecule has 2 N–H and O–H groups in total. The fraction of sp³-hybridized carbons (Fsp3) is 0.278. The van der Waals surface area contributed by atoms with Gasteiger partial charge in [-0.1, -0.05) is 18.2 Å². The van der Waals surface area contributed by atoms with E-state index in [0.29, 0.717) is 18.7 Å². The molecular formula is C18H21N3O3. The first-order valence-electron chi connectivity index (χ1n) is 7.63. The summed E-state index contributed by atoms with van der Waals surface area (Å²) in [5.74, 6) is -1.01. The molecule has 1 aromatic heterocycles. The Morgan fingerprint density at radius 3 is 2.67 bits per heavy atom. The summed E-state index contributed by atoms with van der Waals surface area (Å²) >= 11 is 0. The summed E-state index contributed by atoms with van der Waals surface area (Å²) in [6, 6.07) is 11.3. The molecule has 0 saturated carbocycles. The third-order valence-corrected chi connectivity index (χ3v) is 3.67. The molecule has 0 unspecified atom stereocenters. The summed E-state index contributed by atoms with van der Waals surface area (Å²) in [5, 5.41) is 0. The zero-order valence-electron chi connectivity index (χ0n) is 13.9. The number of amides is 2. The highest BCUT2D eigenvalue weighted by atomic mass is 16.5. The van der Waals surface area contributed by atoms with Crippen LogP contribution in [0.4, 0.5) is 0 Å². The van der Waals surface area contributed by atoms with E-state index in [1.54, 1.807) is 13.3 Å². The molecule has 2 amide bonds. The van der Waals surface area contributed by atoms with Gasteiger partial charge in [-0.15, -0.1) is 0 Å². The van der Waals surface area contributed by atoms with Gasteiger partial charge in [-0.25, -0.2) is 0 Å². The minimum Gasteiger partial charge on any atom is -0.496 e. The molecule has 0 fully saturated rings. The average molecular weight is 327 g/mol. The van der Waals surface area contributed by atoms with Crippen LogP contribution in [0.25, 0.3) is 0 Å². The van der Waals surface area contributed by atoms with Crippen molar-refractivity contribution < 1.29 is 14.3 Å². The predicted molar refractivity (Wildman–Crippen MR) is 90.3 cm³/mol. The molecule has 0 atom stereocenters. The monoisotopic (exact) mass is 327 g/mol. The van der Waals surface area contributed by atoms with Gasteiger partial charge in [-0.3, -0.25) is 14.6 Å². The Morgan fingerprint density at radius 2 is 2.04 bits per heavy atom. The van der Waals surface area contributed by atoms with Crippen LogP contribution in [0.3, 0.4) is 0 Å². The van der Waals surface area contributed by atoms with Crippen LogP contribution in [0, 0.1) is 6.92 Å². The first-order chi connectivity index (χ1) is 11.5. The number of primary amides is 1. The molecule has 6 nitrogen and oxygen atoms in total. The van der Waals surface area contributed by atoms with Crippen molar-refractivity contribution in [3.63, 3.8) is 0 Å². The van der Waals surface area contributed by atoms with Crippen molar-refractivity contribution in [3.05, 3.63) is 59.4 Å². The molecule has 0 radical (unpaired) electrons. The third kappa shape index (κ3) is 4.55. The van der Waals surface area contributed by atoms with E-state index < -0.39 is 11.8 Å². The lowest BCUT2D eigenvalue weighted by atomic mass is 10.1. The lowest BCUT2D eigenvalue weighted by Gasteiger charge is -2.22. The van der Waals surface area contributed by atoms with Gasteiger partial charge in [0.1, 0.15) is 5.75 Å². The van der Waals surface area contributed by atoms with E-state index >= 15 is 0 Å². The highest BCUT2D eigenvalue weighted by molar-refractivity contribution is 6.34. The normalized spacial score (nSPS) is 10.2. The number of benzene rings is 1. The molecule has 2 aromatic rings. The van der Waals surface area contributed by atoms with Crippen molar-refractivity contribution >= 4 is 11.8 Å². The topological polar surface area (TPSA) is 85.5 Å². The van der Waals surface area contributed by atoms with Gasteiger partial charge in [0.05, 0.1) is 7.11 Å². The molecule has 6 heteroatoms. The van der Waals surface area contributed by atoms with Gasteiger partial charge in [0.15, 0.2) is 0 Å². The minimum absolute atomic E-state index is 0.248. The summed E-state index contributed by atoms with van der Waals surface area (Å²) in [7, 11) is 1.58. The number of pyridine rings is 1. The van der Waals surface area contributed by atoms with Crippen molar-refractivity contribution in [3.8, 4) is 5.75 Å². The molecule has 0 aliphatic carbocycles. The second kappa shape index (κ2) is 8.10. The van der Waals surface area contributed by atoms with Gasteiger partial charge < -0.3 is 15.4 Å². The molecule has 0 bridgehead atoms. The largest absolute Gasteiger partial charge is 0.496 e. The van der Waals surface area contributed by atoms with Crippen LogP contribution in [-0.2, 0) is 22.6 Å². The molecule has 2 rings (SSSR count). The Labute approximate surface area is 141 Å². The fourth-order valence-electron chi connectivity index (χ4n) is 2.39. The number of hydrogen-bond acceptors (Lipinski definition) is 4. The summed E-state index contributed by atoms with van der Waals surface area (Å²) in [6.07, 6.45) is 2.23. The third-order valence-electron chi connectivity index (χ3n) is 3.67. The lowest BCUT2D eigenvalue weighted by Crippen LogP contribution is -2.41. The lowest BCUT2D eigenvalue weighted by molar-refractivity contribution is -0.144. The SMILES string of the molecule is COc1cc(C)ccc1CN(CCc1ccccn1)C(=O)C(N)=O. The van der Waals surface area contributed by atoms with Crippen LogP contribution in [0.5, 0.6) is 5.75 Å². The number of aryl methyl sites for hydroxylation is 1. The van der Waals surface area contributed by atoms with E-state index in [9.17, 15) is 9.59 Å². The van der Waals surface area contributed by atoms with E-state index in [2.05, 4.69) is 4.98 Å². The number of hydrogen-bond donors (Lipinski definition) is 1. The van der Waals surface area contributed by atoms with Gasteiger partial charge in [-0.05, 0) is 30.7 Å². The van der Waals surface area contributed by atoms with Crippen LogP contribution >= 0.6 is 0 Å². The van der Waals surface area contributed by atoms with Crippen molar-refractivity contribution in [2.75, 3.05) is 13.7 Å². The first-order valence-corrected chi connectivity index (χ1v) is 7.63. The van der Waals surface area contributed by atoms with E-state index in [1.165, 1.54) is 4.90 Å². The number of carbonyl (C=O) groups is 2. The number of nitrogens with zero attached hydrogens (tertiary/aromatic N) is 2. The molecular weight excluding hydrogens is 306 g/mol. The second-order valence-electron chi connectivity index (χ2n) is 5.48. The van der Waals surface area contributed by atoms with Crippen LogP contribution in [0.15, 0.2) is 42.6 Å². The number of nitrogens with two attached hydrogens (primary N) is 1. The highest BCUT2D eigenvalue weighted by Crippen LogP contribution is 2.21. The standard InChI is InChI=1S/C18H21N3O3/c1-13-6-7-14(16(11-13)24-2)12-21(18(23)17(19)22)10-8-15-5-3-4-9-20-15/h3-7,9,11H,8,10,12H2,1-2H3,(H2,19,22). The van der Waals surface area contributed by atoms with Crippen molar-refractivity contribution in [2.24, 2.45) is 5.73 Å². The summed E-state index contributed by atoms with van der Waals surface area (Å²) in [5.41, 5.74) is 7.89. The number of ether oxygens (including phenoxy) is 1. The van der Waals surface area contributed by atoms with Gasteiger partial charge in [0.25, 0.3) is 0 Å². The maximum absolute atomic E-state index is 12.1. The first kappa shape index (κ1) is 17.5. The molecule has 0 aliphatic rings. The number of carbonyl (C=O) groups excluding carboxylic acids is 2. The van der Waals surface area contributed by atoms with Gasteiger partial charge in [0, 0.05) is 37.0 Å². The maximum Gasteiger partial charge on any atom is 0.311 e. The average Bonchev–Trinajstić information content (AvgIpc) is 2.59. The molecule has 1 heterocycles. The summed E-state index contributed by atoms with van der Waals surface area (Å²) in [4.78, 5) is 29.1. The van der Waals surface area contributed by atoms with Crippen LogP contribution < -0.4 is 10.5 Å². The quantitative estimate of drug-likeness (QED) is 0.814. The van der Waals surface area contributed by atoms with Crippen molar-refractivity contribution in [1.82, 2.24) is 9.88 Å². The number of methoxy groups -OCH3 is 1. The number of aromatic nitrogens is 1. The summed E-state index contributed by atoms with van der Waals surface area (Å²) < 4.78 is 5.36. The number of rotatable bonds is 6. The maximum atomic E-state index is 12.1. The van der Waals surface area contributed by atoms with E-state index in [4.69, 9.17) is 10.5 Å². The Bertz CT molecular complexity index is 717. The van der Waals surface area contributed by atoms with E-state index in [0.717, 1.165) is 16.8 Å². The molecule has 1 aromatic carbocycles. The van der Waals surface area contributed by atoms with Gasteiger partial charge in [-0.2, -0.15) is 0 Å². The Balaban J connectivity index is 2.17. The smallest absolute Gasteiger partial charge is 0.311 e. The van der Waals surface area contributed by atoms with Crippen molar-refractivity contribution in [1.29, 1.82) is 0 Å². The molecule has 126 valence electrons. The molecule has 0 spiro atoms. The Hall–Kier alpha value is -2.89. The Morgan fingerprint density at radius 1 is 1.25 bits per heavy atom. The predicted octanol–water partition coefficient (Wildman–Crippen LogP) is 1.46. The summed E-state index contributed by atoms with van der Waals surface area (Å²) in [6.45, 7) is 2.55. The van der Waals surface area contributed by atoms with Gasteiger partial charge in [0.2, 0.25) is 0 Å². The molecule has 0 aliphatic heterocycles. The van der Waals surface area contributed by atoms with Crippen LogP contribution in [0.2, 0.25) is 0 Å². The minimum atomic E-state index is -0.970. The fourth-order valence-corrected chi connectivity index (χ4v) is 2.39. The zero-order chi connectivity index (χ0) is 17.5. The van der Waals surface area contributed by atoms with Crippen LogP contribution in [0.1, 0.15) is 16.8 Å².